The Kier molecular flexibility index (Phi) is 12.3. The summed E-state index contributed by atoms with van der Waals surface area (Å²) in [6, 6.07) is 7.47. The van der Waals surface area contributed by atoms with Gasteiger partial charge in [-0.2, -0.15) is 4.36 Å². The van der Waals surface area contributed by atoms with Gasteiger partial charge in [0, 0.05) is 36.1 Å². The fourth-order valence-corrected chi connectivity index (χ4v) is 5.81. The Morgan fingerprint density at radius 1 is 0.949 bits per heavy atom. The van der Waals surface area contributed by atoms with Crippen LogP contribution in [0.4, 0.5) is 5.82 Å². The number of carbonyl (C=O) groups excluding carboxylic acids is 3. The van der Waals surface area contributed by atoms with Crippen molar-refractivity contribution in [1.82, 2.24) is 4.98 Å². The molecular weight excluding hydrogens is 526 g/mol. The molecular formula is C27H33N3O8S. The monoisotopic (exact) mass is 559 g/mol. The van der Waals surface area contributed by atoms with Gasteiger partial charge in [-0.05, 0) is 49.9 Å². The number of ether oxygens (including phenoxy) is 2. The van der Waals surface area contributed by atoms with Crippen LogP contribution in [0.15, 0.2) is 40.9 Å². The SMILES string of the molecule is COC(=O)CCCC[SH](O)(CCCCC(=O)OC)=NC(=O)c1cnc(N)c(C#Cc2cccc(C(=O)O)c2)c1. The number of unbranched alkanes of at least 4 members (excludes halogenated alkanes) is 2. The molecule has 0 radical (unpaired) electrons. The summed E-state index contributed by atoms with van der Waals surface area (Å²) in [7, 11) is -0.514. The second-order valence-electron chi connectivity index (χ2n) is 8.59. The van der Waals surface area contributed by atoms with Crippen molar-refractivity contribution < 1.29 is 38.3 Å². The lowest BCUT2D eigenvalue weighted by molar-refractivity contribution is -0.141. The quantitative estimate of drug-likeness (QED) is 0.131. The summed E-state index contributed by atoms with van der Waals surface area (Å²) in [5, 5.41) is 9.15. The summed E-state index contributed by atoms with van der Waals surface area (Å²) in [6.07, 6.45) is 3.47. The number of amides is 1. The van der Waals surface area contributed by atoms with Crippen LogP contribution in [0.5, 0.6) is 0 Å². The highest BCUT2D eigenvalue weighted by atomic mass is 32.3. The van der Waals surface area contributed by atoms with Gasteiger partial charge < -0.3 is 24.9 Å². The number of anilines is 1. The van der Waals surface area contributed by atoms with E-state index < -0.39 is 22.0 Å². The number of nitrogen functional groups attached to an aromatic ring is 1. The Labute approximate surface area is 228 Å². The van der Waals surface area contributed by atoms with Gasteiger partial charge in [-0.1, -0.05) is 17.9 Å². The molecule has 0 bridgehead atoms. The minimum atomic E-state index is -3.11. The van der Waals surface area contributed by atoms with Crippen molar-refractivity contribution >= 4 is 39.7 Å². The number of nitrogens with two attached hydrogens (primary N) is 1. The first-order valence-electron chi connectivity index (χ1n) is 12.2. The molecule has 2 rings (SSSR count). The van der Waals surface area contributed by atoms with Gasteiger partial charge in [0.1, 0.15) is 5.82 Å². The van der Waals surface area contributed by atoms with E-state index in [9.17, 15) is 23.7 Å². The summed E-state index contributed by atoms with van der Waals surface area (Å²) < 4.78 is 24.7. The molecule has 1 heterocycles. The van der Waals surface area contributed by atoms with Crippen molar-refractivity contribution in [3.63, 3.8) is 0 Å². The zero-order chi connectivity index (χ0) is 28.8. The first-order chi connectivity index (χ1) is 18.6. The average Bonchev–Trinajstić information content (AvgIpc) is 2.92. The lowest BCUT2D eigenvalue weighted by Gasteiger charge is -2.23. The van der Waals surface area contributed by atoms with Crippen molar-refractivity contribution in [3.05, 3.63) is 58.8 Å². The van der Waals surface area contributed by atoms with E-state index in [0.29, 0.717) is 31.2 Å². The van der Waals surface area contributed by atoms with Gasteiger partial charge in [0.05, 0.1) is 30.9 Å². The van der Waals surface area contributed by atoms with Gasteiger partial charge in [0.25, 0.3) is 5.91 Å². The van der Waals surface area contributed by atoms with Crippen LogP contribution in [0.1, 0.15) is 70.4 Å². The first-order valence-corrected chi connectivity index (χ1v) is 14.3. The second-order valence-corrected chi connectivity index (χ2v) is 11.4. The molecule has 39 heavy (non-hydrogen) atoms. The Morgan fingerprint density at radius 2 is 1.56 bits per heavy atom. The highest BCUT2D eigenvalue weighted by Crippen LogP contribution is 2.18. The number of rotatable bonds is 12. The minimum Gasteiger partial charge on any atom is -0.478 e. The third-order valence-electron chi connectivity index (χ3n) is 5.64. The molecule has 2 aromatic rings. The maximum atomic E-state index is 13.1. The fourth-order valence-electron chi connectivity index (χ4n) is 3.47. The van der Waals surface area contributed by atoms with Crippen molar-refractivity contribution in [3.8, 4) is 11.8 Å². The molecule has 1 aromatic carbocycles. The van der Waals surface area contributed by atoms with Crippen LogP contribution in [0.3, 0.4) is 0 Å². The summed E-state index contributed by atoms with van der Waals surface area (Å²) in [4.78, 5) is 51.1. The van der Waals surface area contributed by atoms with Crippen molar-refractivity contribution in [2.75, 3.05) is 31.5 Å². The first kappa shape index (κ1) is 31.1. The number of aromatic nitrogens is 1. The Bertz CT molecular complexity index is 1300. The number of esters is 2. The molecule has 0 aliphatic heterocycles. The van der Waals surface area contributed by atoms with Gasteiger partial charge in [0.2, 0.25) is 0 Å². The molecule has 0 aliphatic carbocycles. The molecule has 12 heteroatoms. The van der Waals surface area contributed by atoms with Crippen LogP contribution >= 0.6 is 0 Å². The van der Waals surface area contributed by atoms with Crippen LogP contribution in [0.2, 0.25) is 0 Å². The van der Waals surface area contributed by atoms with Crippen LogP contribution in [0.25, 0.3) is 0 Å². The highest BCUT2D eigenvalue weighted by molar-refractivity contribution is 8.00. The number of carbonyl (C=O) groups is 4. The second kappa shape index (κ2) is 15.4. The lowest BCUT2D eigenvalue weighted by Crippen LogP contribution is -2.22. The van der Waals surface area contributed by atoms with E-state index in [1.165, 1.54) is 38.6 Å². The molecule has 0 aliphatic rings. The number of methoxy groups -OCH3 is 2. The van der Waals surface area contributed by atoms with E-state index in [1.54, 1.807) is 12.1 Å². The molecule has 1 aromatic heterocycles. The molecule has 0 saturated carbocycles. The van der Waals surface area contributed by atoms with Crippen LogP contribution < -0.4 is 5.73 Å². The van der Waals surface area contributed by atoms with Gasteiger partial charge in [-0.3, -0.25) is 14.4 Å². The van der Waals surface area contributed by atoms with Gasteiger partial charge in [-0.15, -0.1) is 10.1 Å². The van der Waals surface area contributed by atoms with E-state index >= 15 is 0 Å². The zero-order valence-electron chi connectivity index (χ0n) is 21.9. The largest absolute Gasteiger partial charge is 0.478 e. The smallest absolute Gasteiger partial charge is 0.335 e. The standard InChI is InChI=1S/C27H33N3O8S/c1-37-23(31)10-3-5-14-39(36,15-6-4-11-24(32)38-2)30-26(33)22-17-20(25(28)29-18-22)13-12-19-8-7-9-21(16-19)27(34)35/h7-9,16-18,39H,3-6,10-11,14-15H2,1-2H3,(H2,28,29)(H,34,35)(H,30,33,36). The molecule has 11 nitrogen and oxygen atoms in total. The van der Waals surface area contributed by atoms with Gasteiger partial charge >= 0.3 is 17.9 Å². The van der Waals surface area contributed by atoms with Crippen molar-refractivity contribution in [2.45, 2.75) is 38.5 Å². The maximum absolute atomic E-state index is 13.1. The summed E-state index contributed by atoms with van der Waals surface area (Å²) >= 11 is 0. The van der Waals surface area contributed by atoms with Crippen LogP contribution in [-0.4, -0.2) is 64.2 Å². The number of carboxylic acids is 1. The average molecular weight is 560 g/mol. The Hall–Kier alpha value is -4.08. The van der Waals surface area contributed by atoms with E-state index in [4.69, 9.17) is 10.8 Å². The summed E-state index contributed by atoms with van der Waals surface area (Å²) in [6.45, 7) is 0. The third-order valence-corrected chi connectivity index (χ3v) is 8.26. The number of hydrogen-bond donors (Lipinski definition) is 4. The number of thiol groups is 1. The van der Waals surface area contributed by atoms with Gasteiger partial charge in [-0.25, -0.2) is 9.78 Å². The fraction of sp³-hybridized carbons (Fsp3) is 0.370. The molecule has 210 valence electrons. The Morgan fingerprint density at radius 3 is 2.13 bits per heavy atom. The summed E-state index contributed by atoms with van der Waals surface area (Å²) in [5.74, 6) is 3.65. The predicted molar refractivity (Wildman–Crippen MR) is 148 cm³/mol. The van der Waals surface area contributed by atoms with Crippen molar-refractivity contribution in [1.29, 1.82) is 0 Å². The van der Waals surface area contributed by atoms with E-state index in [-0.39, 0.29) is 58.8 Å². The highest BCUT2D eigenvalue weighted by Gasteiger charge is 2.16. The lowest BCUT2D eigenvalue weighted by atomic mass is 10.1. The number of carboxylic acid groups (broad SMARTS) is 1. The van der Waals surface area contributed by atoms with E-state index in [0.717, 1.165) is 0 Å². The van der Waals surface area contributed by atoms with Crippen LogP contribution in [0, 0.1) is 11.8 Å². The molecule has 0 unspecified atom stereocenters. The zero-order valence-corrected chi connectivity index (χ0v) is 22.8. The molecule has 0 atom stereocenters. The van der Waals surface area contributed by atoms with E-state index in [1.807, 2.05) is 0 Å². The van der Waals surface area contributed by atoms with Crippen LogP contribution in [-0.2, 0) is 29.2 Å². The maximum Gasteiger partial charge on any atom is 0.335 e. The minimum absolute atomic E-state index is 0.0733. The molecule has 0 fully saturated rings. The number of benzene rings is 1. The van der Waals surface area contributed by atoms with Gasteiger partial charge in [0.15, 0.2) is 0 Å². The van der Waals surface area contributed by atoms with Crippen molar-refractivity contribution in [2.24, 2.45) is 4.36 Å². The number of aromatic carboxylic acids is 1. The van der Waals surface area contributed by atoms with E-state index in [2.05, 4.69) is 30.7 Å². The molecule has 0 spiro atoms. The number of nitrogens with zero attached hydrogens (tertiary/aromatic N) is 2. The normalized spacial score (nSPS) is 11.1. The topological polar surface area (TPSA) is 178 Å². The molecule has 0 saturated heterocycles. The predicted octanol–water partition coefficient (Wildman–Crippen LogP) is 3.13. The molecule has 1 amide bonds. The number of hydrogen-bond acceptors (Lipinski definition) is 8. The number of pyridine rings is 1. The Balaban J connectivity index is 2.26. The molecule has 4 N–H and O–H groups in total. The third kappa shape index (κ3) is 10.7. The summed E-state index contributed by atoms with van der Waals surface area (Å²) in [5.41, 5.74) is 6.77.